The molecule has 0 aromatic carbocycles. The number of aliphatic carboxylic acids is 2. The summed E-state index contributed by atoms with van der Waals surface area (Å²) in [5.41, 5.74) is 0. The Bertz CT molecular complexity index is 82.6. The van der Waals surface area contributed by atoms with Crippen LogP contribution in [0.1, 0.15) is 0 Å². The zero-order chi connectivity index (χ0) is 5.15. The van der Waals surface area contributed by atoms with Crippen LogP contribution in [-0.4, -0.2) is 30.6 Å². The highest BCUT2D eigenvalue weighted by Gasteiger charge is 2.04. The van der Waals surface area contributed by atoms with Crippen LogP contribution in [0.5, 0.6) is 0 Å². The summed E-state index contributed by atoms with van der Waals surface area (Å²) in [4.78, 5) is 18.2. The molecule has 0 bridgehead atoms. The molecule has 9 heavy (non-hydrogen) atoms. The summed E-state index contributed by atoms with van der Waals surface area (Å²) < 4.78 is 0. The van der Waals surface area contributed by atoms with Crippen LogP contribution >= 0.6 is 0 Å². The minimum atomic E-state index is -1.82. The summed E-state index contributed by atoms with van der Waals surface area (Å²) in [6.45, 7) is 0. The van der Waals surface area contributed by atoms with Gasteiger partial charge in [-0.1, -0.05) is 0 Å². The molecular formula is C2H4BF2O4. The fourth-order valence-electron chi connectivity index (χ4n) is 0. The SMILES string of the molecule is F.F.O=C(O)C(=O)O.[B]. The van der Waals surface area contributed by atoms with Crippen molar-refractivity contribution in [1.82, 2.24) is 0 Å². The molecule has 3 radical (unpaired) electrons. The molecule has 0 amide bonds. The fourth-order valence-corrected chi connectivity index (χ4v) is 0. The zero-order valence-electron chi connectivity index (χ0n) is 4.10. The van der Waals surface area contributed by atoms with Crippen molar-refractivity contribution in [3.05, 3.63) is 0 Å². The van der Waals surface area contributed by atoms with Crippen molar-refractivity contribution in [3.63, 3.8) is 0 Å². The van der Waals surface area contributed by atoms with Gasteiger partial charge in [-0.25, -0.2) is 9.59 Å². The molecule has 0 unspecified atom stereocenters. The van der Waals surface area contributed by atoms with Gasteiger partial charge in [0.15, 0.2) is 0 Å². The van der Waals surface area contributed by atoms with E-state index >= 15 is 0 Å². The molecule has 0 heterocycles. The first-order valence-electron chi connectivity index (χ1n) is 1.11. The minimum absolute atomic E-state index is 0. The predicted octanol–water partition coefficient (Wildman–Crippen LogP) is -0.920. The van der Waals surface area contributed by atoms with E-state index in [1.54, 1.807) is 0 Å². The van der Waals surface area contributed by atoms with Crippen LogP contribution in [0.3, 0.4) is 0 Å². The van der Waals surface area contributed by atoms with Crippen molar-refractivity contribution < 1.29 is 29.2 Å². The third kappa shape index (κ3) is 19.8. The van der Waals surface area contributed by atoms with Crippen molar-refractivity contribution in [1.29, 1.82) is 0 Å². The van der Waals surface area contributed by atoms with Gasteiger partial charge in [0.1, 0.15) is 0 Å². The summed E-state index contributed by atoms with van der Waals surface area (Å²) in [5, 5.41) is 14.8. The van der Waals surface area contributed by atoms with Gasteiger partial charge in [0.2, 0.25) is 0 Å². The molecule has 0 rings (SSSR count). The van der Waals surface area contributed by atoms with Gasteiger partial charge < -0.3 is 10.2 Å². The monoisotopic (exact) mass is 141 g/mol. The number of carbonyl (C=O) groups is 2. The zero-order valence-corrected chi connectivity index (χ0v) is 4.10. The Hall–Kier alpha value is -1.14. The Morgan fingerprint density at radius 3 is 1.00 bits per heavy atom. The molecule has 0 aromatic heterocycles. The van der Waals surface area contributed by atoms with E-state index in [-0.39, 0.29) is 17.8 Å². The van der Waals surface area contributed by atoms with E-state index in [9.17, 15) is 0 Å². The van der Waals surface area contributed by atoms with Crippen LogP contribution in [0.15, 0.2) is 0 Å². The molecule has 0 aliphatic rings. The lowest BCUT2D eigenvalue weighted by Crippen LogP contribution is -2.09. The van der Waals surface area contributed by atoms with Crippen molar-refractivity contribution in [2.24, 2.45) is 0 Å². The second kappa shape index (κ2) is 9.98. The maximum absolute atomic E-state index is 9.10. The number of halogens is 2. The Morgan fingerprint density at radius 1 is 0.889 bits per heavy atom. The van der Waals surface area contributed by atoms with E-state index in [1.165, 1.54) is 0 Å². The fraction of sp³-hybridized carbons (Fsp3) is 0. The van der Waals surface area contributed by atoms with Gasteiger partial charge in [-0.05, 0) is 0 Å². The van der Waals surface area contributed by atoms with E-state index in [2.05, 4.69) is 0 Å². The third-order valence-corrected chi connectivity index (χ3v) is 0.183. The summed E-state index contributed by atoms with van der Waals surface area (Å²) >= 11 is 0. The summed E-state index contributed by atoms with van der Waals surface area (Å²) in [6, 6.07) is 0. The van der Waals surface area contributed by atoms with E-state index in [1.807, 2.05) is 0 Å². The highest BCUT2D eigenvalue weighted by atomic mass is 19.0. The minimum Gasteiger partial charge on any atom is -0.473 e. The molecule has 0 saturated carbocycles. The van der Waals surface area contributed by atoms with E-state index in [0.717, 1.165) is 0 Å². The molecule has 53 valence electrons. The van der Waals surface area contributed by atoms with Crippen molar-refractivity contribution in [2.45, 2.75) is 0 Å². The number of hydrogen-bond acceptors (Lipinski definition) is 2. The van der Waals surface area contributed by atoms with Crippen LogP contribution in [0.25, 0.3) is 0 Å². The first-order valence-corrected chi connectivity index (χ1v) is 1.11. The van der Waals surface area contributed by atoms with Crippen molar-refractivity contribution in [2.75, 3.05) is 0 Å². The molecule has 0 aliphatic carbocycles. The molecule has 0 aliphatic heterocycles. The standard InChI is InChI=1S/C2H2O4.B.2FH/c3-1(4)2(5)6;;;/h(H,3,4)(H,5,6);;2*1H. The molecule has 0 fully saturated rings. The Balaban J connectivity index is -0.0000000417. The van der Waals surface area contributed by atoms with Gasteiger partial charge >= 0.3 is 11.9 Å². The number of carboxylic acid groups (broad SMARTS) is 2. The van der Waals surface area contributed by atoms with Gasteiger partial charge in [-0.15, -0.1) is 0 Å². The molecule has 4 nitrogen and oxygen atoms in total. The van der Waals surface area contributed by atoms with E-state index < -0.39 is 11.9 Å². The van der Waals surface area contributed by atoms with Crippen molar-refractivity contribution >= 4 is 20.4 Å². The van der Waals surface area contributed by atoms with Crippen LogP contribution < -0.4 is 0 Å². The Kier molecular flexibility index (Phi) is 27.5. The Labute approximate surface area is 50.8 Å². The second-order valence-electron chi connectivity index (χ2n) is 0.610. The van der Waals surface area contributed by atoms with Gasteiger partial charge in [0.25, 0.3) is 0 Å². The number of rotatable bonds is 0. The van der Waals surface area contributed by atoms with Crippen LogP contribution in [0.2, 0.25) is 0 Å². The van der Waals surface area contributed by atoms with Crippen LogP contribution in [0, 0.1) is 0 Å². The number of carboxylic acids is 2. The maximum Gasteiger partial charge on any atom is 0.414 e. The number of hydrogen-bond donors (Lipinski definition) is 2. The van der Waals surface area contributed by atoms with Crippen LogP contribution in [-0.2, 0) is 9.59 Å². The summed E-state index contributed by atoms with van der Waals surface area (Å²) in [6.07, 6.45) is 0. The molecule has 0 saturated heterocycles. The third-order valence-electron chi connectivity index (χ3n) is 0.183. The topological polar surface area (TPSA) is 74.6 Å². The molecular weight excluding hydrogens is 137 g/mol. The van der Waals surface area contributed by atoms with Gasteiger partial charge in [0.05, 0.1) is 0 Å². The quantitative estimate of drug-likeness (QED) is 0.337. The summed E-state index contributed by atoms with van der Waals surface area (Å²) in [5.74, 6) is -3.65. The lowest BCUT2D eigenvalue weighted by Gasteiger charge is -1.72. The average molecular weight is 141 g/mol. The largest absolute Gasteiger partial charge is 0.473 e. The maximum atomic E-state index is 9.10. The Morgan fingerprint density at radius 2 is 1.00 bits per heavy atom. The lowest BCUT2D eigenvalue weighted by atomic mass is 10.7. The molecule has 0 aromatic rings. The molecule has 2 N–H and O–H groups in total. The normalized spacial score (nSPS) is 4.89. The highest BCUT2D eigenvalue weighted by molar-refractivity contribution is 6.27. The van der Waals surface area contributed by atoms with Gasteiger partial charge in [0, 0.05) is 8.41 Å². The van der Waals surface area contributed by atoms with Crippen LogP contribution in [0.4, 0.5) is 9.41 Å². The first-order chi connectivity index (χ1) is 2.64. The van der Waals surface area contributed by atoms with Gasteiger partial charge in [-0.2, -0.15) is 0 Å². The van der Waals surface area contributed by atoms with E-state index in [0.29, 0.717) is 0 Å². The average Bonchev–Trinajstić information content (AvgIpc) is 1.36. The first kappa shape index (κ1) is 24.8. The molecule has 7 heteroatoms. The lowest BCUT2D eigenvalue weighted by molar-refractivity contribution is -0.159. The summed E-state index contributed by atoms with van der Waals surface area (Å²) in [7, 11) is 0. The predicted molar refractivity (Wildman–Crippen MR) is 26.0 cm³/mol. The second-order valence-corrected chi connectivity index (χ2v) is 0.610. The highest BCUT2D eigenvalue weighted by Crippen LogP contribution is 1.56. The molecule has 0 atom stereocenters. The molecule has 0 spiro atoms. The van der Waals surface area contributed by atoms with Gasteiger partial charge in [-0.3, -0.25) is 9.41 Å². The smallest absolute Gasteiger partial charge is 0.414 e. The van der Waals surface area contributed by atoms with E-state index in [4.69, 9.17) is 19.8 Å². The van der Waals surface area contributed by atoms with Crippen molar-refractivity contribution in [3.8, 4) is 0 Å².